The fraction of sp³-hybridized carbons (Fsp3) is 0.312. The molecular formula is C16H15FN6OS. The van der Waals surface area contributed by atoms with Gasteiger partial charge < -0.3 is 4.90 Å². The van der Waals surface area contributed by atoms with E-state index in [9.17, 15) is 9.18 Å². The summed E-state index contributed by atoms with van der Waals surface area (Å²) in [5.41, 5.74) is 2.17. The summed E-state index contributed by atoms with van der Waals surface area (Å²) in [5, 5.41) is 9.14. The Labute approximate surface area is 147 Å². The number of hydrogen-bond acceptors (Lipinski definition) is 6. The largest absolute Gasteiger partial charge is 0.330 e. The van der Waals surface area contributed by atoms with Crippen LogP contribution in [0.4, 0.5) is 4.39 Å². The van der Waals surface area contributed by atoms with Crippen molar-refractivity contribution >= 4 is 17.4 Å². The molecule has 0 fully saturated rings. The van der Waals surface area contributed by atoms with E-state index in [1.54, 1.807) is 9.58 Å². The van der Waals surface area contributed by atoms with Crippen LogP contribution in [0.25, 0.3) is 5.13 Å². The van der Waals surface area contributed by atoms with Crippen LogP contribution in [0.1, 0.15) is 40.5 Å². The van der Waals surface area contributed by atoms with Gasteiger partial charge in [0.2, 0.25) is 5.13 Å². The van der Waals surface area contributed by atoms with Gasteiger partial charge in [-0.3, -0.25) is 4.79 Å². The predicted molar refractivity (Wildman–Crippen MR) is 89.1 cm³/mol. The summed E-state index contributed by atoms with van der Waals surface area (Å²) in [6, 6.07) is 5.37. The zero-order chi connectivity index (χ0) is 17.6. The van der Waals surface area contributed by atoms with Crippen LogP contribution in [0.2, 0.25) is 0 Å². The normalized spacial score (nSPS) is 16.8. The average molecular weight is 358 g/mol. The van der Waals surface area contributed by atoms with Gasteiger partial charge in [-0.15, -0.1) is 5.10 Å². The molecule has 1 aliphatic heterocycles. The lowest BCUT2D eigenvalue weighted by Crippen LogP contribution is -2.39. The number of fused-ring (bicyclic) bond motifs is 1. The number of carbonyl (C=O) groups excluding carboxylic acids is 1. The standard InChI is InChI=1S/C16H15FN6OS/c1-9-14-13(23(21-19-14)16-18-10(2)20-25-16)7-8-22(9)15(24)11-3-5-12(17)6-4-11/h3-6,9H,7-8H2,1-2H3/t9-/m1/s1. The molecule has 1 amide bonds. The lowest BCUT2D eigenvalue weighted by molar-refractivity contribution is 0.0672. The van der Waals surface area contributed by atoms with E-state index in [-0.39, 0.29) is 17.8 Å². The van der Waals surface area contributed by atoms with Crippen LogP contribution in [0.5, 0.6) is 0 Å². The van der Waals surface area contributed by atoms with Crippen LogP contribution in [0.15, 0.2) is 24.3 Å². The molecule has 0 N–H and O–H groups in total. The van der Waals surface area contributed by atoms with E-state index >= 15 is 0 Å². The van der Waals surface area contributed by atoms with E-state index in [1.165, 1.54) is 35.8 Å². The van der Waals surface area contributed by atoms with Gasteiger partial charge in [0.05, 0.1) is 11.7 Å². The molecule has 9 heteroatoms. The van der Waals surface area contributed by atoms with E-state index in [0.29, 0.717) is 29.5 Å². The molecule has 128 valence electrons. The van der Waals surface area contributed by atoms with Crippen LogP contribution in [-0.2, 0) is 6.42 Å². The Morgan fingerprint density at radius 3 is 2.76 bits per heavy atom. The van der Waals surface area contributed by atoms with Crippen LogP contribution in [0.3, 0.4) is 0 Å². The highest BCUT2D eigenvalue weighted by Crippen LogP contribution is 2.30. The number of hydrogen-bond donors (Lipinski definition) is 0. The maximum absolute atomic E-state index is 13.1. The molecule has 0 saturated carbocycles. The summed E-state index contributed by atoms with van der Waals surface area (Å²) in [6.45, 7) is 4.29. The van der Waals surface area contributed by atoms with Crippen molar-refractivity contribution in [3.63, 3.8) is 0 Å². The first-order chi connectivity index (χ1) is 12.0. The van der Waals surface area contributed by atoms with Crippen molar-refractivity contribution in [1.82, 2.24) is 29.3 Å². The Bertz CT molecular complexity index is 935. The number of amides is 1. The average Bonchev–Trinajstić information content (AvgIpc) is 3.21. The third-order valence-electron chi connectivity index (χ3n) is 4.30. The smallest absolute Gasteiger partial charge is 0.254 e. The minimum Gasteiger partial charge on any atom is -0.330 e. The van der Waals surface area contributed by atoms with E-state index < -0.39 is 0 Å². The summed E-state index contributed by atoms with van der Waals surface area (Å²) in [4.78, 5) is 18.8. The van der Waals surface area contributed by atoms with Crippen LogP contribution in [-0.4, -0.2) is 41.7 Å². The first-order valence-electron chi connectivity index (χ1n) is 7.86. The molecule has 0 radical (unpaired) electrons. The van der Waals surface area contributed by atoms with Gasteiger partial charge in [-0.25, -0.2) is 9.37 Å². The number of halogens is 1. The van der Waals surface area contributed by atoms with Crippen molar-refractivity contribution in [2.24, 2.45) is 0 Å². The van der Waals surface area contributed by atoms with Gasteiger partial charge in [0.1, 0.15) is 17.3 Å². The zero-order valence-electron chi connectivity index (χ0n) is 13.7. The maximum atomic E-state index is 13.1. The molecule has 3 aromatic rings. The van der Waals surface area contributed by atoms with Crippen molar-refractivity contribution in [3.8, 4) is 5.13 Å². The molecule has 0 saturated heterocycles. The SMILES string of the molecule is Cc1nsc(-n2nnc3c2CCN(C(=O)c2ccc(F)cc2)[C@@H]3C)n1. The van der Waals surface area contributed by atoms with E-state index in [0.717, 1.165) is 11.4 Å². The van der Waals surface area contributed by atoms with Gasteiger partial charge >= 0.3 is 0 Å². The molecule has 4 rings (SSSR count). The molecule has 1 atom stereocenters. The Morgan fingerprint density at radius 1 is 1.32 bits per heavy atom. The van der Waals surface area contributed by atoms with E-state index in [4.69, 9.17) is 0 Å². The van der Waals surface area contributed by atoms with E-state index in [2.05, 4.69) is 19.7 Å². The van der Waals surface area contributed by atoms with Gasteiger partial charge in [0, 0.05) is 30.1 Å². The number of carbonyl (C=O) groups is 1. The molecular weight excluding hydrogens is 343 g/mol. The fourth-order valence-corrected chi connectivity index (χ4v) is 3.65. The minimum absolute atomic E-state index is 0.139. The Hall–Kier alpha value is -2.68. The predicted octanol–water partition coefficient (Wildman–Crippen LogP) is 2.33. The molecule has 7 nitrogen and oxygen atoms in total. The summed E-state index contributed by atoms with van der Waals surface area (Å²) in [6.07, 6.45) is 0.623. The monoisotopic (exact) mass is 358 g/mol. The van der Waals surface area contributed by atoms with Crippen LogP contribution >= 0.6 is 11.5 Å². The van der Waals surface area contributed by atoms with Crippen molar-refractivity contribution in [3.05, 3.63) is 52.9 Å². The van der Waals surface area contributed by atoms with Crippen molar-refractivity contribution in [2.45, 2.75) is 26.3 Å². The molecule has 25 heavy (non-hydrogen) atoms. The molecule has 3 heterocycles. The first kappa shape index (κ1) is 15.8. The summed E-state index contributed by atoms with van der Waals surface area (Å²) in [7, 11) is 0. The zero-order valence-corrected chi connectivity index (χ0v) is 14.5. The van der Waals surface area contributed by atoms with Crippen LogP contribution in [0, 0.1) is 12.7 Å². The second-order valence-corrected chi connectivity index (χ2v) is 6.62. The van der Waals surface area contributed by atoms with Gasteiger partial charge in [0.25, 0.3) is 5.91 Å². The number of benzene rings is 1. The third-order valence-corrected chi connectivity index (χ3v) is 5.08. The number of aromatic nitrogens is 5. The molecule has 0 aliphatic carbocycles. The minimum atomic E-state index is -0.360. The second-order valence-electron chi connectivity index (χ2n) is 5.89. The quantitative estimate of drug-likeness (QED) is 0.703. The molecule has 1 aliphatic rings. The Kier molecular flexibility index (Phi) is 3.79. The van der Waals surface area contributed by atoms with Crippen molar-refractivity contribution < 1.29 is 9.18 Å². The van der Waals surface area contributed by atoms with E-state index in [1.807, 2.05) is 13.8 Å². The molecule has 0 bridgehead atoms. The molecule has 0 spiro atoms. The highest BCUT2D eigenvalue weighted by molar-refractivity contribution is 7.08. The molecule has 1 aromatic carbocycles. The summed E-state index contributed by atoms with van der Waals surface area (Å²) in [5.74, 6) is 0.196. The lowest BCUT2D eigenvalue weighted by atomic mass is 10.0. The topological polar surface area (TPSA) is 76.8 Å². The number of aryl methyl sites for hydroxylation is 1. The highest BCUT2D eigenvalue weighted by atomic mass is 32.1. The van der Waals surface area contributed by atoms with Gasteiger partial charge in [-0.2, -0.15) is 9.06 Å². The number of nitrogens with zero attached hydrogens (tertiary/aromatic N) is 6. The van der Waals surface area contributed by atoms with Crippen molar-refractivity contribution in [2.75, 3.05) is 6.54 Å². The third kappa shape index (κ3) is 2.70. The second kappa shape index (κ2) is 5.99. The summed E-state index contributed by atoms with van der Waals surface area (Å²) < 4.78 is 19.0. The fourth-order valence-electron chi connectivity index (χ4n) is 3.00. The maximum Gasteiger partial charge on any atom is 0.254 e. The highest BCUT2D eigenvalue weighted by Gasteiger charge is 2.33. The Morgan fingerprint density at radius 2 is 2.08 bits per heavy atom. The summed E-state index contributed by atoms with van der Waals surface area (Å²) >= 11 is 1.27. The van der Waals surface area contributed by atoms with Crippen LogP contribution < -0.4 is 0 Å². The number of rotatable bonds is 2. The Balaban J connectivity index is 1.63. The molecule has 2 aromatic heterocycles. The van der Waals surface area contributed by atoms with Gasteiger partial charge in [-0.1, -0.05) is 5.21 Å². The first-order valence-corrected chi connectivity index (χ1v) is 8.63. The lowest BCUT2D eigenvalue weighted by Gasteiger charge is -2.32. The van der Waals surface area contributed by atoms with Gasteiger partial charge in [0.15, 0.2) is 0 Å². The van der Waals surface area contributed by atoms with Gasteiger partial charge in [-0.05, 0) is 38.1 Å². The molecule has 0 unspecified atom stereocenters. The van der Waals surface area contributed by atoms with Crippen molar-refractivity contribution in [1.29, 1.82) is 0 Å².